The molecule has 4 nitrogen and oxygen atoms in total. The van der Waals surface area contributed by atoms with Crippen molar-refractivity contribution < 1.29 is 13.2 Å². The fraction of sp³-hybridized carbons (Fsp3) is 0.333. The van der Waals surface area contributed by atoms with Gasteiger partial charge in [0.1, 0.15) is 6.10 Å². The zero-order valence-corrected chi connectivity index (χ0v) is 14.7. The Morgan fingerprint density at radius 1 is 1.39 bits per heavy atom. The van der Waals surface area contributed by atoms with Crippen LogP contribution in [0.25, 0.3) is 0 Å². The van der Waals surface area contributed by atoms with Crippen LogP contribution in [0.2, 0.25) is 0 Å². The third kappa shape index (κ3) is 5.93. The van der Waals surface area contributed by atoms with Crippen molar-refractivity contribution in [3.63, 3.8) is 0 Å². The lowest BCUT2D eigenvalue weighted by atomic mass is 10.2. The Labute approximate surface area is 139 Å². The molecule has 0 bridgehead atoms. The van der Waals surface area contributed by atoms with Gasteiger partial charge in [0.15, 0.2) is 0 Å². The molecule has 0 aliphatic rings. The molecule has 0 aliphatic heterocycles. The summed E-state index contributed by atoms with van der Waals surface area (Å²) in [5, 5.41) is 0. The van der Waals surface area contributed by atoms with E-state index in [1.807, 2.05) is 13.8 Å². The third-order valence-electron chi connectivity index (χ3n) is 2.88. The summed E-state index contributed by atoms with van der Waals surface area (Å²) in [6.45, 7) is 13.4. The van der Waals surface area contributed by atoms with Crippen LogP contribution < -0.4 is 0 Å². The molecule has 5 heteroatoms. The van der Waals surface area contributed by atoms with Gasteiger partial charge in [-0.25, -0.2) is 12.7 Å². The Morgan fingerprint density at radius 3 is 2.52 bits per heavy atom. The molecule has 0 saturated carbocycles. The van der Waals surface area contributed by atoms with Crippen molar-refractivity contribution in [1.29, 1.82) is 0 Å². The Bertz CT molecular complexity index is 709. The van der Waals surface area contributed by atoms with Gasteiger partial charge in [0.25, 0.3) is 10.0 Å². The minimum atomic E-state index is -3.69. The van der Waals surface area contributed by atoms with E-state index in [0.717, 1.165) is 15.4 Å². The third-order valence-corrected chi connectivity index (χ3v) is 4.56. The van der Waals surface area contributed by atoms with Crippen LogP contribution in [0.4, 0.5) is 0 Å². The second kappa shape index (κ2) is 8.56. The first-order chi connectivity index (χ1) is 10.8. The molecule has 1 aromatic rings. The minimum Gasteiger partial charge on any atom is -0.361 e. The van der Waals surface area contributed by atoms with Crippen molar-refractivity contribution in [3.05, 3.63) is 54.6 Å². The van der Waals surface area contributed by atoms with E-state index in [0.29, 0.717) is 6.61 Å². The molecule has 1 rings (SSSR count). The van der Waals surface area contributed by atoms with Gasteiger partial charge in [-0.1, -0.05) is 35.9 Å². The lowest BCUT2D eigenvalue weighted by Gasteiger charge is -2.16. The molecule has 0 saturated heterocycles. The van der Waals surface area contributed by atoms with E-state index in [1.165, 1.54) is 6.08 Å². The van der Waals surface area contributed by atoms with Gasteiger partial charge in [-0.2, -0.15) is 0 Å². The molecule has 23 heavy (non-hydrogen) atoms. The smallest absolute Gasteiger partial charge is 0.271 e. The highest BCUT2D eigenvalue weighted by atomic mass is 32.2. The van der Waals surface area contributed by atoms with E-state index in [2.05, 4.69) is 25.1 Å². The molecule has 124 valence electrons. The summed E-state index contributed by atoms with van der Waals surface area (Å²) in [7, 11) is -3.69. The summed E-state index contributed by atoms with van der Waals surface area (Å²) in [4.78, 5) is 0.203. The van der Waals surface area contributed by atoms with Gasteiger partial charge in [-0.05, 0) is 38.8 Å². The molecule has 1 atom stereocenters. The first-order valence-electron chi connectivity index (χ1n) is 7.25. The van der Waals surface area contributed by atoms with Gasteiger partial charge in [0, 0.05) is 6.04 Å². The number of sulfonamides is 1. The van der Waals surface area contributed by atoms with Gasteiger partial charge in [0.05, 0.1) is 18.0 Å². The van der Waals surface area contributed by atoms with Crippen molar-refractivity contribution in [2.24, 2.45) is 0 Å². The summed E-state index contributed by atoms with van der Waals surface area (Å²) in [5.41, 5.74) is 1.88. The van der Waals surface area contributed by atoms with Crippen LogP contribution in [-0.2, 0) is 14.8 Å². The number of hydrogen-bond donors (Lipinski definition) is 0. The van der Waals surface area contributed by atoms with Crippen molar-refractivity contribution in [2.75, 3.05) is 13.2 Å². The summed E-state index contributed by atoms with van der Waals surface area (Å²) in [6, 6.07) is 9.32. The zero-order valence-electron chi connectivity index (χ0n) is 13.9. The van der Waals surface area contributed by atoms with Gasteiger partial charge in [0.2, 0.25) is 0 Å². The van der Waals surface area contributed by atoms with Crippen LogP contribution in [0.15, 0.2) is 54.0 Å². The molecule has 0 radical (unpaired) electrons. The van der Waals surface area contributed by atoms with E-state index in [-0.39, 0.29) is 11.4 Å². The highest BCUT2D eigenvalue weighted by Crippen LogP contribution is 2.15. The fourth-order valence-electron chi connectivity index (χ4n) is 1.63. The predicted octanol–water partition coefficient (Wildman–Crippen LogP) is 3.11. The van der Waals surface area contributed by atoms with Gasteiger partial charge in [-0.15, -0.1) is 6.58 Å². The number of ether oxygens (including phenoxy) is 1. The lowest BCUT2D eigenvalue weighted by Crippen LogP contribution is -2.27. The summed E-state index contributed by atoms with van der Waals surface area (Å²) >= 11 is 0. The molecule has 0 aromatic heterocycles. The van der Waals surface area contributed by atoms with Crippen LogP contribution in [0.1, 0.15) is 19.4 Å². The van der Waals surface area contributed by atoms with Crippen molar-refractivity contribution in [2.45, 2.75) is 31.8 Å². The molecule has 0 spiro atoms. The monoisotopic (exact) mass is 333 g/mol. The fourth-order valence-corrected chi connectivity index (χ4v) is 2.84. The number of rotatable bonds is 7. The maximum absolute atomic E-state index is 12.6. The maximum atomic E-state index is 12.6. The Morgan fingerprint density at radius 2 is 2.00 bits per heavy atom. The van der Waals surface area contributed by atoms with Crippen molar-refractivity contribution >= 4 is 10.0 Å². The average Bonchev–Trinajstić information content (AvgIpc) is 2.49. The van der Waals surface area contributed by atoms with Crippen LogP contribution in [0.5, 0.6) is 0 Å². The van der Waals surface area contributed by atoms with E-state index in [4.69, 9.17) is 4.74 Å². The molecule has 0 heterocycles. The number of aryl methyl sites for hydroxylation is 1. The Balaban J connectivity index is 2.99. The minimum absolute atomic E-state index is 0.108. The topological polar surface area (TPSA) is 46.6 Å². The molecule has 0 N–H and O–H groups in total. The second-order valence-electron chi connectivity index (χ2n) is 5.30. The molecular weight excluding hydrogens is 310 g/mol. The molecule has 1 aromatic carbocycles. The molecule has 0 fully saturated rings. The summed E-state index contributed by atoms with van der Waals surface area (Å²) in [5.74, 6) is 2.80. The van der Waals surface area contributed by atoms with Crippen LogP contribution in [0, 0.1) is 18.9 Å². The number of nitrogens with zero attached hydrogens (tertiary/aromatic N) is 1. The molecular formula is C18H23NO3S. The molecule has 0 amide bonds. The predicted molar refractivity (Wildman–Crippen MR) is 93.3 cm³/mol. The van der Waals surface area contributed by atoms with E-state index in [1.54, 1.807) is 31.2 Å². The van der Waals surface area contributed by atoms with Crippen LogP contribution >= 0.6 is 0 Å². The number of benzene rings is 1. The zero-order chi connectivity index (χ0) is 17.5. The average molecular weight is 333 g/mol. The van der Waals surface area contributed by atoms with Crippen LogP contribution in [0.3, 0.4) is 0 Å². The van der Waals surface area contributed by atoms with E-state index < -0.39 is 16.1 Å². The van der Waals surface area contributed by atoms with Crippen molar-refractivity contribution in [1.82, 2.24) is 4.31 Å². The SMILES string of the molecule is C=CCN(C#CC(C)OCC(=C)C)S(=O)(=O)c1ccc(C)cc1. The first kappa shape index (κ1) is 19.0. The highest BCUT2D eigenvalue weighted by molar-refractivity contribution is 7.89. The largest absolute Gasteiger partial charge is 0.361 e. The second-order valence-corrected chi connectivity index (χ2v) is 7.17. The Hall–Kier alpha value is -2.03. The quantitative estimate of drug-likeness (QED) is 0.437. The van der Waals surface area contributed by atoms with Gasteiger partial charge >= 0.3 is 0 Å². The molecule has 1 unspecified atom stereocenters. The highest BCUT2D eigenvalue weighted by Gasteiger charge is 2.20. The van der Waals surface area contributed by atoms with Crippen LogP contribution in [-0.4, -0.2) is 32.0 Å². The normalized spacial score (nSPS) is 12.0. The standard InChI is InChI=1S/C18H23NO3S/c1-6-12-19(13-11-17(5)22-14-15(2)3)23(20,21)18-9-7-16(4)8-10-18/h6-10,17H,1-2,12,14H2,3-5H3. The maximum Gasteiger partial charge on any atom is 0.271 e. The summed E-state index contributed by atoms with van der Waals surface area (Å²) in [6.07, 6.45) is 1.10. The Kier molecular flexibility index (Phi) is 7.08. The summed E-state index contributed by atoms with van der Waals surface area (Å²) < 4.78 is 31.8. The van der Waals surface area contributed by atoms with Gasteiger partial charge in [-0.3, -0.25) is 0 Å². The van der Waals surface area contributed by atoms with E-state index in [9.17, 15) is 8.42 Å². The van der Waals surface area contributed by atoms with Crippen molar-refractivity contribution in [3.8, 4) is 12.0 Å². The number of hydrogen-bond acceptors (Lipinski definition) is 3. The first-order valence-corrected chi connectivity index (χ1v) is 8.69. The lowest BCUT2D eigenvalue weighted by molar-refractivity contribution is 0.124. The van der Waals surface area contributed by atoms with E-state index >= 15 is 0 Å². The molecule has 0 aliphatic carbocycles. The van der Waals surface area contributed by atoms with Gasteiger partial charge < -0.3 is 4.74 Å².